The van der Waals surface area contributed by atoms with Crippen molar-refractivity contribution in [3.05, 3.63) is 47.5 Å². The van der Waals surface area contributed by atoms with Gasteiger partial charge in [0.25, 0.3) is 0 Å². The number of hydrogen-bond donors (Lipinski definition) is 4. The van der Waals surface area contributed by atoms with Gasteiger partial charge in [-0.15, -0.1) is 25.3 Å². The normalized spacial score (nSPS) is 18.0. The lowest BCUT2D eigenvalue weighted by Gasteiger charge is -2.45. The molecule has 2 aromatic carbocycles. The number of benzene rings is 2. The van der Waals surface area contributed by atoms with Crippen LogP contribution in [-0.4, -0.2) is 0 Å². The van der Waals surface area contributed by atoms with Crippen LogP contribution >= 0.6 is 25.3 Å². The largest absolute Gasteiger partial charge is 0.398 e. The molecule has 0 unspecified atom stereocenters. The maximum Gasteiger partial charge on any atom is 0.0449 e. The van der Waals surface area contributed by atoms with Crippen LogP contribution in [-0.2, 0) is 5.41 Å². The summed E-state index contributed by atoms with van der Waals surface area (Å²) in [4.78, 5) is 1.70. The first-order valence-electron chi connectivity index (χ1n) is 9.31. The van der Waals surface area contributed by atoms with E-state index in [0.29, 0.717) is 5.41 Å². The van der Waals surface area contributed by atoms with Gasteiger partial charge < -0.3 is 11.5 Å². The minimum Gasteiger partial charge on any atom is -0.398 e. The Morgan fingerprint density at radius 1 is 0.846 bits per heavy atom. The van der Waals surface area contributed by atoms with E-state index < -0.39 is 0 Å². The van der Waals surface area contributed by atoms with E-state index in [1.165, 1.54) is 24.0 Å². The molecule has 0 saturated heterocycles. The van der Waals surface area contributed by atoms with E-state index in [9.17, 15) is 0 Å². The predicted molar refractivity (Wildman–Crippen MR) is 118 cm³/mol. The Balaban J connectivity index is 2.08. The third kappa shape index (κ3) is 3.59. The fourth-order valence-electron chi connectivity index (χ4n) is 4.40. The minimum absolute atomic E-state index is 0.0297. The molecule has 0 radical (unpaired) electrons. The van der Waals surface area contributed by atoms with Crippen LogP contribution in [0.1, 0.15) is 57.6 Å². The molecule has 4 N–H and O–H groups in total. The third-order valence-corrected chi connectivity index (χ3v) is 7.00. The Morgan fingerprint density at radius 2 is 1.27 bits per heavy atom. The quantitative estimate of drug-likeness (QED) is 0.381. The minimum atomic E-state index is -0.0297. The Kier molecular flexibility index (Phi) is 5.28. The number of anilines is 2. The summed E-state index contributed by atoms with van der Waals surface area (Å²) in [6, 6.07) is 12.6. The van der Waals surface area contributed by atoms with Gasteiger partial charge in [-0.3, -0.25) is 0 Å². The van der Waals surface area contributed by atoms with E-state index in [0.717, 1.165) is 39.9 Å². The lowest BCUT2D eigenvalue weighted by molar-refractivity contribution is 0.146. The summed E-state index contributed by atoms with van der Waals surface area (Å²) < 4.78 is 0. The van der Waals surface area contributed by atoms with Gasteiger partial charge in [-0.25, -0.2) is 0 Å². The highest BCUT2D eigenvalue weighted by molar-refractivity contribution is 7.80. The van der Waals surface area contributed by atoms with Gasteiger partial charge in [-0.2, -0.15) is 0 Å². The SMILES string of the molecule is CC(C)(C)C1CCC(c2ccc(N)c(S)c2)(c2ccc(N)c(S)c2)CC1. The molecule has 2 nitrogen and oxygen atoms in total. The second kappa shape index (κ2) is 7.05. The molecule has 3 rings (SSSR count). The molecule has 0 amide bonds. The molecule has 26 heavy (non-hydrogen) atoms. The van der Waals surface area contributed by atoms with Gasteiger partial charge in [0.15, 0.2) is 0 Å². The van der Waals surface area contributed by atoms with Gasteiger partial charge in [0.05, 0.1) is 0 Å². The van der Waals surface area contributed by atoms with E-state index in [-0.39, 0.29) is 5.41 Å². The average Bonchev–Trinajstić information content (AvgIpc) is 2.59. The molecule has 1 aliphatic rings. The second-order valence-electron chi connectivity index (χ2n) is 8.77. The highest BCUT2D eigenvalue weighted by Crippen LogP contribution is 2.51. The Bertz CT molecular complexity index is 747. The predicted octanol–water partition coefficient (Wildman–Crippen LogP) is 5.95. The van der Waals surface area contributed by atoms with Crippen LogP contribution in [0.2, 0.25) is 0 Å². The summed E-state index contributed by atoms with van der Waals surface area (Å²) in [5.41, 5.74) is 16.4. The standard InChI is InChI=1S/C22H30N2S2/c1-21(2,3)14-8-10-22(11-9-14,15-4-6-17(23)19(25)12-15)16-5-7-18(24)20(26)13-16/h4-7,12-14,25-26H,8-11,23-24H2,1-3H3. The second-order valence-corrected chi connectivity index (χ2v) is 9.73. The summed E-state index contributed by atoms with van der Waals surface area (Å²) in [5.74, 6) is 0.740. The van der Waals surface area contributed by atoms with Gasteiger partial charge in [0, 0.05) is 26.6 Å². The molecule has 0 aromatic heterocycles. The van der Waals surface area contributed by atoms with Crippen molar-refractivity contribution in [3.8, 4) is 0 Å². The zero-order valence-corrected chi connectivity index (χ0v) is 17.7. The van der Waals surface area contributed by atoms with Crippen LogP contribution in [0.4, 0.5) is 11.4 Å². The molecule has 2 aromatic rings. The molecule has 0 spiro atoms. The van der Waals surface area contributed by atoms with Crippen molar-refractivity contribution in [1.82, 2.24) is 0 Å². The maximum atomic E-state index is 6.02. The van der Waals surface area contributed by atoms with E-state index >= 15 is 0 Å². The fourth-order valence-corrected chi connectivity index (χ4v) is 4.83. The van der Waals surface area contributed by atoms with E-state index in [1.807, 2.05) is 12.1 Å². The number of nitrogens with two attached hydrogens (primary N) is 2. The highest BCUT2D eigenvalue weighted by Gasteiger charge is 2.41. The van der Waals surface area contributed by atoms with E-state index in [1.54, 1.807) is 0 Å². The molecule has 1 fully saturated rings. The molecule has 0 bridgehead atoms. The van der Waals surface area contributed by atoms with Gasteiger partial charge >= 0.3 is 0 Å². The first kappa shape index (κ1) is 19.5. The monoisotopic (exact) mass is 386 g/mol. The van der Waals surface area contributed by atoms with Crippen LogP contribution in [0, 0.1) is 11.3 Å². The summed E-state index contributed by atoms with van der Waals surface area (Å²) in [7, 11) is 0. The van der Waals surface area contributed by atoms with Crippen LogP contribution in [0.3, 0.4) is 0 Å². The highest BCUT2D eigenvalue weighted by atomic mass is 32.1. The molecule has 1 aliphatic carbocycles. The molecule has 4 heteroatoms. The van der Waals surface area contributed by atoms with Crippen molar-refractivity contribution in [2.75, 3.05) is 11.5 Å². The lowest BCUT2D eigenvalue weighted by Crippen LogP contribution is -2.36. The smallest absolute Gasteiger partial charge is 0.0449 e. The van der Waals surface area contributed by atoms with Gasteiger partial charge in [0.1, 0.15) is 0 Å². The Hall–Kier alpha value is -1.26. The molecule has 0 aliphatic heterocycles. The summed E-state index contributed by atoms with van der Waals surface area (Å²) in [6.07, 6.45) is 4.65. The van der Waals surface area contributed by atoms with Crippen molar-refractivity contribution < 1.29 is 0 Å². The van der Waals surface area contributed by atoms with Crippen molar-refractivity contribution in [1.29, 1.82) is 0 Å². The van der Waals surface area contributed by atoms with E-state index in [2.05, 4.69) is 70.3 Å². The topological polar surface area (TPSA) is 52.0 Å². The third-order valence-electron chi connectivity index (χ3n) is 6.23. The summed E-state index contributed by atoms with van der Waals surface area (Å²) in [6.45, 7) is 7.07. The van der Waals surface area contributed by atoms with Crippen molar-refractivity contribution in [2.45, 2.75) is 61.7 Å². The van der Waals surface area contributed by atoms with Gasteiger partial charge in [-0.05, 0) is 72.4 Å². The zero-order valence-electron chi connectivity index (χ0n) is 15.9. The van der Waals surface area contributed by atoms with Crippen LogP contribution in [0.15, 0.2) is 46.2 Å². The van der Waals surface area contributed by atoms with Gasteiger partial charge in [0.2, 0.25) is 0 Å². The molecule has 1 saturated carbocycles. The average molecular weight is 387 g/mol. The van der Waals surface area contributed by atoms with Gasteiger partial charge in [-0.1, -0.05) is 32.9 Å². The summed E-state index contributed by atoms with van der Waals surface area (Å²) in [5, 5.41) is 0. The van der Waals surface area contributed by atoms with Crippen molar-refractivity contribution in [3.63, 3.8) is 0 Å². The Labute approximate surface area is 168 Å². The fraction of sp³-hybridized carbons (Fsp3) is 0.455. The van der Waals surface area contributed by atoms with Crippen molar-refractivity contribution in [2.24, 2.45) is 11.3 Å². The van der Waals surface area contributed by atoms with Crippen LogP contribution in [0.5, 0.6) is 0 Å². The maximum absolute atomic E-state index is 6.02. The first-order chi connectivity index (χ1) is 12.1. The summed E-state index contributed by atoms with van der Waals surface area (Å²) >= 11 is 9.15. The number of hydrogen-bond acceptors (Lipinski definition) is 4. The van der Waals surface area contributed by atoms with Crippen LogP contribution in [0.25, 0.3) is 0 Å². The molecule has 140 valence electrons. The number of thiol groups is 2. The molecular formula is C22H30N2S2. The molecular weight excluding hydrogens is 356 g/mol. The molecule has 0 heterocycles. The van der Waals surface area contributed by atoms with Crippen molar-refractivity contribution >= 4 is 36.6 Å². The number of nitrogen functional groups attached to an aromatic ring is 2. The van der Waals surface area contributed by atoms with E-state index in [4.69, 9.17) is 11.5 Å². The lowest BCUT2D eigenvalue weighted by atomic mass is 9.59. The Morgan fingerprint density at radius 3 is 1.62 bits per heavy atom. The first-order valence-corrected chi connectivity index (χ1v) is 10.2. The zero-order chi connectivity index (χ0) is 19.1. The van der Waals surface area contributed by atoms with Crippen LogP contribution < -0.4 is 11.5 Å². The molecule has 0 atom stereocenters. The number of rotatable bonds is 2.